The minimum atomic E-state index is -0.465. The lowest BCUT2D eigenvalue weighted by atomic mass is 9.90. The van der Waals surface area contributed by atoms with Crippen LogP contribution < -0.4 is 5.32 Å². The third-order valence-electron chi connectivity index (χ3n) is 6.47. The molecule has 2 heterocycles. The highest BCUT2D eigenvalue weighted by atomic mass is 16.3. The van der Waals surface area contributed by atoms with Crippen LogP contribution in [-0.2, 0) is 17.6 Å². The molecular formula is C25H32N2O2. The number of carbonyl (C=O) groups is 1. The van der Waals surface area contributed by atoms with Gasteiger partial charge in [0.25, 0.3) is 0 Å². The van der Waals surface area contributed by atoms with Gasteiger partial charge in [-0.2, -0.15) is 0 Å². The summed E-state index contributed by atoms with van der Waals surface area (Å²) in [6, 6.07) is 16.7. The summed E-state index contributed by atoms with van der Waals surface area (Å²) in [6.07, 6.45) is 7.05. The topological polar surface area (TPSA) is 52.6 Å². The standard InChI is InChI=1S/C25H32N2O2/c28-24(22-9-11-23-21(17-22)10-12-25(29)26-23)18-27-15-13-20(14-16-27)8-4-7-19-5-2-1-3-6-19/h1-3,5-6,9,11,17,20,24,28H,4,7-8,10,12-16,18H2,(H,26,29). The monoisotopic (exact) mass is 392 g/mol. The van der Waals surface area contributed by atoms with E-state index < -0.39 is 6.10 Å². The van der Waals surface area contributed by atoms with E-state index in [4.69, 9.17) is 0 Å². The van der Waals surface area contributed by atoms with Crippen LogP contribution >= 0.6 is 0 Å². The number of aliphatic hydroxyl groups excluding tert-OH is 1. The van der Waals surface area contributed by atoms with E-state index in [-0.39, 0.29) is 5.91 Å². The van der Waals surface area contributed by atoms with Crippen LogP contribution in [0.2, 0.25) is 0 Å². The van der Waals surface area contributed by atoms with Gasteiger partial charge < -0.3 is 15.3 Å². The number of amides is 1. The van der Waals surface area contributed by atoms with Crippen LogP contribution in [-0.4, -0.2) is 35.5 Å². The Labute approximate surface area is 173 Å². The molecule has 2 aromatic rings. The summed E-state index contributed by atoms with van der Waals surface area (Å²) in [5.41, 5.74) is 4.44. The van der Waals surface area contributed by atoms with E-state index in [1.807, 2.05) is 12.1 Å². The van der Waals surface area contributed by atoms with Crippen molar-refractivity contribution in [2.75, 3.05) is 25.0 Å². The number of anilines is 1. The maximum absolute atomic E-state index is 11.5. The van der Waals surface area contributed by atoms with E-state index in [2.05, 4.69) is 46.6 Å². The van der Waals surface area contributed by atoms with E-state index >= 15 is 0 Å². The summed E-state index contributed by atoms with van der Waals surface area (Å²) in [6.45, 7) is 2.85. The summed E-state index contributed by atoms with van der Waals surface area (Å²) in [4.78, 5) is 13.9. The number of hydrogen-bond acceptors (Lipinski definition) is 3. The van der Waals surface area contributed by atoms with E-state index in [1.165, 1.54) is 37.7 Å². The van der Waals surface area contributed by atoms with Crippen LogP contribution in [0, 0.1) is 5.92 Å². The number of β-amino-alcohol motifs (C(OH)–C–C–N with tert-alkyl or cyclic N) is 1. The molecule has 1 unspecified atom stereocenters. The van der Waals surface area contributed by atoms with Crippen molar-refractivity contribution < 1.29 is 9.90 Å². The zero-order valence-electron chi connectivity index (χ0n) is 17.1. The molecule has 1 saturated heterocycles. The molecule has 1 atom stereocenters. The minimum Gasteiger partial charge on any atom is -0.387 e. The first-order chi connectivity index (χ1) is 14.2. The Bertz CT molecular complexity index is 813. The molecule has 2 aliphatic rings. The van der Waals surface area contributed by atoms with Gasteiger partial charge in [0.1, 0.15) is 0 Å². The Hall–Kier alpha value is -2.17. The Balaban J connectivity index is 1.21. The second kappa shape index (κ2) is 9.55. The number of nitrogens with zero attached hydrogens (tertiary/aromatic N) is 1. The number of benzene rings is 2. The second-order valence-corrected chi connectivity index (χ2v) is 8.60. The fraction of sp³-hybridized carbons (Fsp3) is 0.480. The lowest BCUT2D eigenvalue weighted by Gasteiger charge is -2.33. The molecule has 0 spiro atoms. The van der Waals surface area contributed by atoms with Crippen molar-refractivity contribution in [2.45, 2.75) is 51.0 Å². The molecule has 2 aromatic carbocycles. The molecule has 0 bridgehead atoms. The average molecular weight is 393 g/mol. The largest absolute Gasteiger partial charge is 0.387 e. The SMILES string of the molecule is O=C1CCc2cc(C(O)CN3CCC(CCCc4ccccc4)CC3)ccc2N1. The van der Waals surface area contributed by atoms with Gasteiger partial charge in [0.15, 0.2) is 0 Å². The van der Waals surface area contributed by atoms with Gasteiger partial charge in [0.05, 0.1) is 6.10 Å². The summed E-state index contributed by atoms with van der Waals surface area (Å²) in [5, 5.41) is 13.6. The Morgan fingerprint density at radius 1 is 1.07 bits per heavy atom. The van der Waals surface area contributed by atoms with Gasteiger partial charge in [-0.05, 0) is 73.9 Å². The molecule has 0 aromatic heterocycles. The van der Waals surface area contributed by atoms with Crippen molar-refractivity contribution in [3.05, 3.63) is 65.2 Å². The molecule has 29 heavy (non-hydrogen) atoms. The molecule has 4 rings (SSSR count). The Morgan fingerprint density at radius 3 is 2.66 bits per heavy atom. The van der Waals surface area contributed by atoms with E-state index in [0.29, 0.717) is 13.0 Å². The van der Waals surface area contributed by atoms with Gasteiger partial charge in [0.2, 0.25) is 5.91 Å². The van der Waals surface area contributed by atoms with E-state index in [1.54, 1.807) is 0 Å². The zero-order valence-corrected chi connectivity index (χ0v) is 17.1. The first kappa shape index (κ1) is 20.1. The predicted molar refractivity (Wildman–Crippen MR) is 117 cm³/mol. The summed E-state index contributed by atoms with van der Waals surface area (Å²) in [5.74, 6) is 0.900. The third-order valence-corrected chi connectivity index (χ3v) is 6.47. The molecule has 1 amide bonds. The molecule has 2 N–H and O–H groups in total. The Kier molecular flexibility index (Phi) is 6.63. The van der Waals surface area contributed by atoms with Crippen LogP contribution in [0.4, 0.5) is 5.69 Å². The van der Waals surface area contributed by atoms with E-state index in [0.717, 1.165) is 42.2 Å². The predicted octanol–water partition coefficient (Wildman–Crippen LogP) is 4.34. The first-order valence-corrected chi connectivity index (χ1v) is 11.0. The highest BCUT2D eigenvalue weighted by molar-refractivity contribution is 5.93. The number of fused-ring (bicyclic) bond motifs is 1. The number of nitrogens with one attached hydrogen (secondary N) is 1. The van der Waals surface area contributed by atoms with Crippen LogP contribution in [0.3, 0.4) is 0 Å². The molecule has 4 heteroatoms. The van der Waals surface area contributed by atoms with Crippen LogP contribution in [0.15, 0.2) is 48.5 Å². The van der Waals surface area contributed by atoms with Crippen molar-refractivity contribution in [3.8, 4) is 0 Å². The van der Waals surface area contributed by atoms with Gasteiger partial charge in [-0.25, -0.2) is 0 Å². The molecule has 0 saturated carbocycles. The van der Waals surface area contributed by atoms with Gasteiger partial charge in [-0.1, -0.05) is 48.9 Å². The molecular weight excluding hydrogens is 360 g/mol. The number of hydrogen-bond donors (Lipinski definition) is 2. The number of aryl methyl sites for hydroxylation is 2. The summed E-state index contributed by atoms with van der Waals surface area (Å²) in [7, 11) is 0. The fourth-order valence-electron chi connectivity index (χ4n) is 4.66. The van der Waals surface area contributed by atoms with Crippen molar-refractivity contribution in [1.29, 1.82) is 0 Å². The van der Waals surface area contributed by atoms with Crippen molar-refractivity contribution in [1.82, 2.24) is 4.90 Å². The fourth-order valence-corrected chi connectivity index (χ4v) is 4.66. The lowest BCUT2D eigenvalue weighted by Crippen LogP contribution is -2.36. The number of rotatable bonds is 7. The van der Waals surface area contributed by atoms with Crippen molar-refractivity contribution in [2.24, 2.45) is 5.92 Å². The van der Waals surface area contributed by atoms with Gasteiger partial charge in [-0.3, -0.25) is 4.79 Å². The second-order valence-electron chi connectivity index (χ2n) is 8.60. The maximum atomic E-state index is 11.5. The molecule has 1 fully saturated rings. The first-order valence-electron chi connectivity index (χ1n) is 11.0. The highest BCUT2D eigenvalue weighted by Gasteiger charge is 2.22. The van der Waals surface area contributed by atoms with Gasteiger partial charge in [0, 0.05) is 18.7 Å². The normalized spacial score (nSPS) is 18.9. The smallest absolute Gasteiger partial charge is 0.224 e. The van der Waals surface area contributed by atoms with Crippen molar-refractivity contribution in [3.63, 3.8) is 0 Å². The number of piperidine rings is 1. The number of aliphatic hydroxyl groups is 1. The van der Waals surface area contributed by atoms with Gasteiger partial charge in [-0.15, -0.1) is 0 Å². The molecule has 4 nitrogen and oxygen atoms in total. The maximum Gasteiger partial charge on any atom is 0.224 e. The zero-order chi connectivity index (χ0) is 20.1. The molecule has 0 aliphatic carbocycles. The Morgan fingerprint density at radius 2 is 1.86 bits per heavy atom. The molecule has 154 valence electrons. The van der Waals surface area contributed by atoms with Crippen LogP contribution in [0.25, 0.3) is 0 Å². The summed E-state index contributed by atoms with van der Waals surface area (Å²) >= 11 is 0. The summed E-state index contributed by atoms with van der Waals surface area (Å²) < 4.78 is 0. The number of likely N-dealkylation sites (tertiary alicyclic amines) is 1. The van der Waals surface area contributed by atoms with Crippen LogP contribution in [0.5, 0.6) is 0 Å². The van der Waals surface area contributed by atoms with Crippen molar-refractivity contribution >= 4 is 11.6 Å². The third kappa shape index (κ3) is 5.46. The van der Waals surface area contributed by atoms with Crippen LogP contribution in [0.1, 0.15) is 54.9 Å². The molecule has 2 aliphatic heterocycles. The lowest BCUT2D eigenvalue weighted by molar-refractivity contribution is -0.116. The number of carbonyl (C=O) groups excluding carboxylic acids is 1. The highest BCUT2D eigenvalue weighted by Crippen LogP contribution is 2.28. The molecule has 0 radical (unpaired) electrons. The van der Waals surface area contributed by atoms with Gasteiger partial charge >= 0.3 is 0 Å². The average Bonchev–Trinajstić information content (AvgIpc) is 2.75. The minimum absolute atomic E-state index is 0.0810. The van der Waals surface area contributed by atoms with E-state index in [9.17, 15) is 9.90 Å². The quantitative estimate of drug-likeness (QED) is 0.737.